The number of carbonyl (C=O) groups is 1. The third-order valence-electron chi connectivity index (χ3n) is 4.37. The van der Waals surface area contributed by atoms with E-state index in [-0.39, 0.29) is 5.76 Å². The Morgan fingerprint density at radius 2 is 1.59 bits per heavy atom. The summed E-state index contributed by atoms with van der Waals surface area (Å²) in [4.78, 5) is 11.4. The van der Waals surface area contributed by atoms with E-state index in [9.17, 15) is 9.90 Å². The highest BCUT2D eigenvalue weighted by atomic mass is 16.5. The van der Waals surface area contributed by atoms with Crippen LogP contribution in [0.5, 0.6) is 5.75 Å². The zero-order valence-electron chi connectivity index (χ0n) is 16.4. The topological polar surface area (TPSA) is 55.8 Å². The van der Waals surface area contributed by atoms with Gasteiger partial charge in [-0.15, -0.1) is 0 Å². The van der Waals surface area contributed by atoms with Gasteiger partial charge < -0.3 is 14.6 Å². The molecule has 0 amide bonds. The van der Waals surface area contributed by atoms with Crippen LogP contribution in [0.1, 0.15) is 29.2 Å². The monoisotopic (exact) mass is 388 g/mol. The van der Waals surface area contributed by atoms with Gasteiger partial charge in [-0.1, -0.05) is 66.7 Å². The first-order chi connectivity index (χ1) is 14.2. The van der Waals surface area contributed by atoms with Crippen molar-refractivity contribution in [3.63, 3.8) is 0 Å². The van der Waals surface area contributed by atoms with Crippen molar-refractivity contribution in [2.24, 2.45) is 0 Å². The summed E-state index contributed by atoms with van der Waals surface area (Å²) in [7, 11) is 0. The van der Waals surface area contributed by atoms with Crippen LogP contribution in [-0.2, 0) is 22.6 Å². The van der Waals surface area contributed by atoms with Crippen molar-refractivity contribution in [3.8, 4) is 5.75 Å². The first kappa shape index (κ1) is 20.2. The highest BCUT2D eigenvalue weighted by Crippen LogP contribution is 2.26. The maximum Gasteiger partial charge on any atom is 0.371 e. The molecule has 3 aromatic rings. The molecule has 0 fully saturated rings. The summed E-state index contributed by atoms with van der Waals surface area (Å²) in [5.74, 6) is -0.375. The van der Waals surface area contributed by atoms with Crippen LogP contribution in [0.25, 0.3) is 6.08 Å². The summed E-state index contributed by atoms with van der Waals surface area (Å²) < 4.78 is 11.3. The maximum absolute atomic E-state index is 11.4. The molecule has 4 nitrogen and oxygen atoms in total. The lowest BCUT2D eigenvalue weighted by atomic mass is 10.0. The molecule has 0 bridgehead atoms. The molecule has 0 aliphatic heterocycles. The SMILES string of the molecule is CCOC(=Cc1ccc(OCc2ccccc2)c(Cc2ccccc2)c1)C(=O)O. The van der Waals surface area contributed by atoms with E-state index >= 15 is 0 Å². The fourth-order valence-electron chi connectivity index (χ4n) is 2.99. The quantitative estimate of drug-likeness (QED) is 0.398. The molecule has 148 valence electrons. The molecule has 0 saturated carbocycles. The fraction of sp³-hybridized carbons (Fsp3) is 0.160. The average molecular weight is 388 g/mol. The van der Waals surface area contributed by atoms with Crippen LogP contribution in [0.2, 0.25) is 0 Å². The van der Waals surface area contributed by atoms with Gasteiger partial charge in [0.1, 0.15) is 12.4 Å². The Morgan fingerprint density at radius 1 is 0.931 bits per heavy atom. The molecule has 0 atom stereocenters. The second-order valence-electron chi connectivity index (χ2n) is 6.55. The first-order valence-corrected chi connectivity index (χ1v) is 9.57. The van der Waals surface area contributed by atoms with Crippen LogP contribution in [0.4, 0.5) is 0 Å². The smallest absolute Gasteiger partial charge is 0.371 e. The summed E-state index contributed by atoms with van der Waals surface area (Å²) in [5.41, 5.74) is 3.99. The van der Waals surface area contributed by atoms with Crippen molar-refractivity contribution in [1.29, 1.82) is 0 Å². The molecule has 0 radical (unpaired) electrons. The molecule has 3 rings (SSSR count). The molecule has 0 aromatic heterocycles. The Hall–Kier alpha value is -3.53. The lowest BCUT2D eigenvalue weighted by molar-refractivity contribution is -0.136. The highest BCUT2D eigenvalue weighted by molar-refractivity contribution is 5.89. The largest absolute Gasteiger partial charge is 0.489 e. The van der Waals surface area contributed by atoms with Gasteiger partial charge in [0.25, 0.3) is 0 Å². The van der Waals surface area contributed by atoms with Gasteiger partial charge in [-0.05, 0) is 47.4 Å². The number of ether oxygens (including phenoxy) is 2. The number of benzene rings is 3. The predicted octanol–water partition coefficient (Wildman–Crippen LogP) is 5.32. The molecule has 0 heterocycles. The van der Waals surface area contributed by atoms with Crippen molar-refractivity contribution < 1.29 is 19.4 Å². The minimum absolute atomic E-state index is 0.0730. The Bertz CT molecular complexity index is 963. The van der Waals surface area contributed by atoms with Gasteiger partial charge in [-0.2, -0.15) is 0 Å². The van der Waals surface area contributed by atoms with Gasteiger partial charge in [0.15, 0.2) is 0 Å². The standard InChI is InChI=1S/C25H24O4/c1-2-28-24(25(26)27)17-21-13-14-23(29-18-20-11-7-4-8-12-20)22(16-21)15-19-9-5-3-6-10-19/h3-14,16-17H,2,15,18H2,1H3,(H,26,27). The van der Waals surface area contributed by atoms with E-state index in [0.29, 0.717) is 19.6 Å². The van der Waals surface area contributed by atoms with E-state index in [0.717, 1.165) is 28.0 Å². The van der Waals surface area contributed by atoms with Crippen LogP contribution in [0.3, 0.4) is 0 Å². The minimum Gasteiger partial charge on any atom is -0.489 e. The minimum atomic E-state index is -1.08. The molecule has 1 N–H and O–H groups in total. The van der Waals surface area contributed by atoms with Gasteiger partial charge in [0, 0.05) is 6.42 Å². The van der Waals surface area contributed by atoms with Gasteiger partial charge in [0.2, 0.25) is 5.76 Å². The van der Waals surface area contributed by atoms with E-state index < -0.39 is 5.97 Å². The van der Waals surface area contributed by atoms with Gasteiger partial charge in [0.05, 0.1) is 6.61 Å². The lowest BCUT2D eigenvalue weighted by Gasteiger charge is -2.13. The van der Waals surface area contributed by atoms with Crippen molar-refractivity contribution >= 4 is 12.0 Å². The molecular formula is C25H24O4. The van der Waals surface area contributed by atoms with E-state index in [1.54, 1.807) is 13.0 Å². The number of rotatable bonds is 9. The van der Waals surface area contributed by atoms with Gasteiger partial charge in [-0.3, -0.25) is 0 Å². The van der Waals surface area contributed by atoms with Crippen LogP contribution >= 0.6 is 0 Å². The molecule has 0 saturated heterocycles. The van der Waals surface area contributed by atoms with Crippen LogP contribution < -0.4 is 4.74 Å². The second-order valence-corrected chi connectivity index (χ2v) is 6.55. The van der Waals surface area contributed by atoms with Crippen LogP contribution in [-0.4, -0.2) is 17.7 Å². The molecular weight excluding hydrogens is 364 g/mol. The third kappa shape index (κ3) is 5.98. The lowest BCUT2D eigenvalue weighted by Crippen LogP contribution is -2.05. The van der Waals surface area contributed by atoms with E-state index in [4.69, 9.17) is 9.47 Å². The van der Waals surface area contributed by atoms with Crippen molar-refractivity contribution in [1.82, 2.24) is 0 Å². The summed E-state index contributed by atoms with van der Waals surface area (Å²) in [5, 5.41) is 9.32. The van der Waals surface area contributed by atoms with E-state index in [1.807, 2.05) is 66.7 Å². The normalized spacial score (nSPS) is 11.1. The van der Waals surface area contributed by atoms with Crippen molar-refractivity contribution in [2.45, 2.75) is 20.0 Å². The second kappa shape index (κ2) is 10.1. The highest BCUT2D eigenvalue weighted by Gasteiger charge is 2.11. The molecule has 3 aromatic carbocycles. The van der Waals surface area contributed by atoms with Gasteiger partial charge >= 0.3 is 5.97 Å². The van der Waals surface area contributed by atoms with Gasteiger partial charge in [-0.25, -0.2) is 4.79 Å². The molecule has 0 aliphatic rings. The Labute approximate surface area is 171 Å². The predicted molar refractivity (Wildman–Crippen MR) is 114 cm³/mol. The molecule has 4 heteroatoms. The number of carboxylic acid groups (broad SMARTS) is 1. The zero-order valence-corrected chi connectivity index (χ0v) is 16.4. The van der Waals surface area contributed by atoms with Crippen LogP contribution in [0, 0.1) is 0 Å². The van der Waals surface area contributed by atoms with Crippen LogP contribution in [0.15, 0.2) is 84.6 Å². The average Bonchev–Trinajstić information content (AvgIpc) is 2.74. The summed E-state index contributed by atoms with van der Waals surface area (Å²) in [6, 6.07) is 25.8. The Morgan fingerprint density at radius 3 is 2.21 bits per heavy atom. The third-order valence-corrected chi connectivity index (χ3v) is 4.37. The summed E-state index contributed by atoms with van der Waals surface area (Å²) in [6.07, 6.45) is 2.23. The molecule has 0 aliphatic carbocycles. The van der Waals surface area contributed by atoms with Crippen molar-refractivity contribution in [3.05, 3.63) is 107 Å². The molecule has 0 spiro atoms. The van der Waals surface area contributed by atoms with E-state index in [2.05, 4.69) is 12.1 Å². The Balaban J connectivity index is 1.90. The molecule has 0 unspecified atom stereocenters. The first-order valence-electron chi connectivity index (χ1n) is 9.57. The number of hydrogen-bond donors (Lipinski definition) is 1. The maximum atomic E-state index is 11.4. The Kier molecular flexibility index (Phi) is 7.06. The summed E-state index contributed by atoms with van der Waals surface area (Å²) >= 11 is 0. The number of hydrogen-bond acceptors (Lipinski definition) is 3. The number of aliphatic carboxylic acids is 1. The van der Waals surface area contributed by atoms with Crippen molar-refractivity contribution in [2.75, 3.05) is 6.61 Å². The molecule has 29 heavy (non-hydrogen) atoms. The summed E-state index contributed by atoms with van der Waals surface area (Å²) in [6.45, 7) is 2.53. The van der Waals surface area contributed by atoms with E-state index in [1.165, 1.54) is 0 Å². The zero-order chi connectivity index (χ0) is 20.5. The number of carboxylic acids is 1. The fourth-order valence-corrected chi connectivity index (χ4v) is 2.99.